The summed E-state index contributed by atoms with van der Waals surface area (Å²) in [5, 5.41) is 0. The van der Waals surface area contributed by atoms with Gasteiger partial charge in [-0.1, -0.05) is 20.3 Å². The standard InChI is InChI=1S/C14H21NO2/c1-3-5-11(2)14(16)15-8-7-12(10-15)13-6-4-9-17-13/h4,6,9,11-12H,3,5,7-8,10H2,1-2H3/t11-,12+/m1/s1. The molecule has 1 amide bonds. The highest BCUT2D eigenvalue weighted by Crippen LogP contribution is 2.28. The number of amides is 1. The van der Waals surface area contributed by atoms with Crippen molar-refractivity contribution in [1.29, 1.82) is 0 Å². The van der Waals surface area contributed by atoms with E-state index >= 15 is 0 Å². The molecule has 1 saturated heterocycles. The first-order valence-electron chi connectivity index (χ1n) is 6.54. The second-order valence-corrected chi connectivity index (χ2v) is 4.97. The number of carbonyl (C=O) groups excluding carboxylic acids is 1. The summed E-state index contributed by atoms with van der Waals surface area (Å²) in [5.74, 6) is 1.88. The van der Waals surface area contributed by atoms with Gasteiger partial charge in [-0.2, -0.15) is 0 Å². The molecule has 0 aromatic carbocycles. The fourth-order valence-electron chi connectivity index (χ4n) is 2.58. The Morgan fingerprint density at radius 1 is 1.65 bits per heavy atom. The van der Waals surface area contributed by atoms with Crippen molar-refractivity contribution in [1.82, 2.24) is 4.90 Å². The zero-order valence-corrected chi connectivity index (χ0v) is 10.7. The molecule has 1 fully saturated rings. The van der Waals surface area contributed by atoms with Gasteiger partial charge in [-0.25, -0.2) is 0 Å². The van der Waals surface area contributed by atoms with E-state index < -0.39 is 0 Å². The molecule has 0 unspecified atom stereocenters. The summed E-state index contributed by atoms with van der Waals surface area (Å²) < 4.78 is 5.42. The van der Waals surface area contributed by atoms with Gasteiger partial charge in [-0.3, -0.25) is 4.79 Å². The van der Waals surface area contributed by atoms with Crippen LogP contribution in [0.3, 0.4) is 0 Å². The molecule has 2 heterocycles. The molecule has 2 rings (SSSR count). The number of rotatable bonds is 4. The van der Waals surface area contributed by atoms with Crippen LogP contribution in [0.1, 0.15) is 44.8 Å². The summed E-state index contributed by atoms with van der Waals surface area (Å²) in [7, 11) is 0. The molecular formula is C14H21NO2. The van der Waals surface area contributed by atoms with Gasteiger partial charge < -0.3 is 9.32 Å². The second kappa shape index (κ2) is 5.39. The highest BCUT2D eigenvalue weighted by molar-refractivity contribution is 5.78. The molecule has 0 aliphatic carbocycles. The maximum Gasteiger partial charge on any atom is 0.225 e. The second-order valence-electron chi connectivity index (χ2n) is 4.97. The van der Waals surface area contributed by atoms with Crippen LogP contribution in [0.4, 0.5) is 0 Å². The van der Waals surface area contributed by atoms with E-state index in [4.69, 9.17) is 4.42 Å². The van der Waals surface area contributed by atoms with Crippen LogP contribution in [0.5, 0.6) is 0 Å². The first-order valence-corrected chi connectivity index (χ1v) is 6.54. The van der Waals surface area contributed by atoms with Crippen molar-refractivity contribution in [3.8, 4) is 0 Å². The van der Waals surface area contributed by atoms with Crippen LogP contribution >= 0.6 is 0 Å². The number of furan rings is 1. The molecule has 0 bridgehead atoms. The van der Waals surface area contributed by atoms with Crippen molar-refractivity contribution in [2.45, 2.75) is 39.0 Å². The number of carbonyl (C=O) groups is 1. The van der Waals surface area contributed by atoms with Crippen LogP contribution in [0.25, 0.3) is 0 Å². The van der Waals surface area contributed by atoms with Crippen LogP contribution < -0.4 is 0 Å². The molecule has 1 aliphatic heterocycles. The highest BCUT2D eigenvalue weighted by atomic mass is 16.3. The monoisotopic (exact) mass is 235 g/mol. The Bertz CT molecular complexity index is 358. The smallest absolute Gasteiger partial charge is 0.225 e. The highest BCUT2D eigenvalue weighted by Gasteiger charge is 2.30. The molecule has 0 spiro atoms. The van der Waals surface area contributed by atoms with Gasteiger partial charge in [0.2, 0.25) is 5.91 Å². The number of nitrogens with zero attached hydrogens (tertiary/aromatic N) is 1. The lowest BCUT2D eigenvalue weighted by Crippen LogP contribution is -2.33. The van der Waals surface area contributed by atoms with Gasteiger partial charge in [0.05, 0.1) is 6.26 Å². The van der Waals surface area contributed by atoms with Crippen LogP contribution in [-0.4, -0.2) is 23.9 Å². The molecule has 1 aromatic heterocycles. The molecule has 1 aromatic rings. The molecule has 17 heavy (non-hydrogen) atoms. The minimum Gasteiger partial charge on any atom is -0.469 e. The average Bonchev–Trinajstić information content (AvgIpc) is 2.98. The van der Waals surface area contributed by atoms with Crippen LogP contribution in [0.2, 0.25) is 0 Å². The topological polar surface area (TPSA) is 33.5 Å². The van der Waals surface area contributed by atoms with Crippen molar-refractivity contribution in [2.75, 3.05) is 13.1 Å². The van der Waals surface area contributed by atoms with Gasteiger partial charge in [0.15, 0.2) is 0 Å². The Morgan fingerprint density at radius 3 is 3.12 bits per heavy atom. The Labute approximate surface area is 103 Å². The van der Waals surface area contributed by atoms with Crippen LogP contribution in [0, 0.1) is 5.92 Å². The Kier molecular flexibility index (Phi) is 3.87. The Hall–Kier alpha value is -1.25. The maximum absolute atomic E-state index is 12.1. The van der Waals surface area contributed by atoms with Gasteiger partial charge in [-0.15, -0.1) is 0 Å². The third-order valence-corrected chi connectivity index (χ3v) is 3.59. The molecule has 3 heteroatoms. The van der Waals surface area contributed by atoms with Crippen molar-refractivity contribution >= 4 is 5.91 Å². The Balaban J connectivity index is 1.91. The van der Waals surface area contributed by atoms with Crippen molar-refractivity contribution in [3.63, 3.8) is 0 Å². The SMILES string of the molecule is CCC[C@@H](C)C(=O)N1CC[C@H](c2ccco2)C1. The molecular weight excluding hydrogens is 214 g/mol. The summed E-state index contributed by atoms with van der Waals surface area (Å²) >= 11 is 0. The molecule has 0 N–H and O–H groups in total. The molecule has 94 valence electrons. The molecule has 3 nitrogen and oxygen atoms in total. The van der Waals surface area contributed by atoms with E-state index in [2.05, 4.69) is 6.92 Å². The van der Waals surface area contributed by atoms with Gasteiger partial charge >= 0.3 is 0 Å². The first-order chi connectivity index (χ1) is 8.22. The Morgan fingerprint density at radius 2 is 2.47 bits per heavy atom. The molecule has 2 atom stereocenters. The van der Waals surface area contributed by atoms with E-state index in [0.29, 0.717) is 11.8 Å². The molecule has 0 saturated carbocycles. The van der Waals surface area contributed by atoms with E-state index in [1.165, 1.54) is 0 Å². The zero-order chi connectivity index (χ0) is 12.3. The third kappa shape index (κ3) is 2.71. The molecule has 1 aliphatic rings. The van der Waals surface area contributed by atoms with Crippen molar-refractivity contribution in [3.05, 3.63) is 24.2 Å². The first kappa shape index (κ1) is 12.2. The summed E-state index contributed by atoms with van der Waals surface area (Å²) in [4.78, 5) is 14.1. The zero-order valence-electron chi connectivity index (χ0n) is 10.7. The molecule has 0 radical (unpaired) electrons. The lowest BCUT2D eigenvalue weighted by atomic mass is 10.0. The number of hydrogen-bond acceptors (Lipinski definition) is 2. The van der Waals surface area contributed by atoms with Crippen molar-refractivity contribution < 1.29 is 9.21 Å². The number of hydrogen-bond donors (Lipinski definition) is 0. The van der Waals surface area contributed by atoms with Crippen LogP contribution in [0.15, 0.2) is 22.8 Å². The summed E-state index contributed by atoms with van der Waals surface area (Å²) in [6.07, 6.45) is 4.79. The summed E-state index contributed by atoms with van der Waals surface area (Å²) in [6.45, 7) is 5.85. The average molecular weight is 235 g/mol. The predicted octanol–water partition coefficient (Wildman–Crippen LogP) is 3.03. The third-order valence-electron chi connectivity index (χ3n) is 3.59. The van der Waals surface area contributed by atoms with E-state index in [1.807, 2.05) is 24.0 Å². The fourth-order valence-corrected chi connectivity index (χ4v) is 2.58. The van der Waals surface area contributed by atoms with E-state index in [0.717, 1.165) is 38.1 Å². The minimum absolute atomic E-state index is 0.162. The predicted molar refractivity (Wildman–Crippen MR) is 66.7 cm³/mol. The lowest BCUT2D eigenvalue weighted by molar-refractivity contribution is -0.134. The summed E-state index contributed by atoms with van der Waals surface area (Å²) in [5.41, 5.74) is 0. The van der Waals surface area contributed by atoms with Gasteiger partial charge in [0.25, 0.3) is 0 Å². The van der Waals surface area contributed by atoms with E-state index in [1.54, 1.807) is 6.26 Å². The largest absolute Gasteiger partial charge is 0.469 e. The van der Waals surface area contributed by atoms with E-state index in [-0.39, 0.29) is 5.92 Å². The number of likely N-dealkylation sites (tertiary alicyclic amines) is 1. The van der Waals surface area contributed by atoms with Gasteiger partial charge in [-0.05, 0) is 25.0 Å². The fraction of sp³-hybridized carbons (Fsp3) is 0.643. The maximum atomic E-state index is 12.1. The minimum atomic E-state index is 0.162. The lowest BCUT2D eigenvalue weighted by Gasteiger charge is -2.20. The van der Waals surface area contributed by atoms with Gasteiger partial charge in [0.1, 0.15) is 5.76 Å². The quantitative estimate of drug-likeness (QED) is 0.803. The van der Waals surface area contributed by atoms with Crippen molar-refractivity contribution in [2.24, 2.45) is 5.92 Å². The normalized spacial score (nSPS) is 21.8. The van der Waals surface area contributed by atoms with E-state index in [9.17, 15) is 4.79 Å². The summed E-state index contributed by atoms with van der Waals surface area (Å²) in [6, 6.07) is 3.92. The van der Waals surface area contributed by atoms with Gasteiger partial charge in [0, 0.05) is 24.9 Å². The van der Waals surface area contributed by atoms with Crippen LogP contribution in [-0.2, 0) is 4.79 Å².